The summed E-state index contributed by atoms with van der Waals surface area (Å²) in [5.74, 6) is 1.37. The third-order valence-electron chi connectivity index (χ3n) is 3.01. The van der Waals surface area contributed by atoms with Crippen LogP contribution in [0.1, 0.15) is 26.3 Å². The lowest BCUT2D eigenvalue weighted by molar-refractivity contribution is 0.0268. The molecule has 0 bridgehead atoms. The molecule has 1 aromatic heterocycles. The van der Waals surface area contributed by atoms with E-state index in [4.69, 9.17) is 9.47 Å². The molecule has 0 unspecified atom stereocenters. The highest BCUT2D eigenvalue weighted by atomic mass is 127. The largest absolute Gasteiger partial charge is 0.478 e. The Balaban J connectivity index is 0.00000441. The molecule has 0 atom stereocenters. The van der Waals surface area contributed by atoms with Gasteiger partial charge in [-0.25, -0.2) is 4.98 Å². The number of guanidine groups is 1. The summed E-state index contributed by atoms with van der Waals surface area (Å²) in [5.41, 5.74) is 0.846. The van der Waals surface area contributed by atoms with Crippen LogP contribution < -0.4 is 15.4 Å². The van der Waals surface area contributed by atoms with Crippen molar-refractivity contribution in [3.05, 3.63) is 23.9 Å². The SMILES string of the molecule is CCOc1cc(CNC(=NC)NCC(C)(C)OC)ccn1.I. The van der Waals surface area contributed by atoms with Gasteiger partial charge in [0.15, 0.2) is 5.96 Å². The summed E-state index contributed by atoms with van der Waals surface area (Å²) in [4.78, 5) is 8.33. The third-order valence-corrected chi connectivity index (χ3v) is 3.01. The van der Waals surface area contributed by atoms with Crippen molar-refractivity contribution >= 4 is 29.9 Å². The van der Waals surface area contributed by atoms with Crippen molar-refractivity contribution in [1.82, 2.24) is 15.6 Å². The van der Waals surface area contributed by atoms with Crippen LogP contribution in [0, 0.1) is 0 Å². The Morgan fingerprint density at radius 3 is 2.68 bits per heavy atom. The number of nitrogens with zero attached hydrogens (tertiary/aromatic N) is 2. The maximum atomic E-state index is 5.39. The predicted molar refractivity (Wildman–Crippen MR) is 100 cm³/mol. The summed E-state index contributed by atoms with van der Waals surface area (Å²) >= 11 is 0. The van der Waals surface area contributed by atoms with E-state index in [0.29, 0.717) is 25.6 Å². The van der Waals surface area contributed by atoms with Gasteiger partial charge in [-0.3, -0.25) is 4.99 Å². The van der Waals surface area contributed by atoms with Crippen LogP contribution in [-0.2, 0) is 11.3 Å². The van der Waals surface area contributed by atoms with Gasteiger partial charge in [0, 0.05) is 39.5 Å². The molecule has 0 aliphatic rings. The lowest BCUT2D eigenvalue weighted by Gasteiger charge is -2.24. The van der Waals surface area contributed by atoms with Crippen LogP contribution in [0.25, 0.3) is 0 Å². The van der Waals surface area contributed by atoms with E-state index >= 15 is 0 Å². The Morgan fingerprint density at radius 2 is 2.09 bits per heavy atom. The highest BCUT2D eigenvalue weighted by molar-refractivity contribution is 14.0. The monoisotopic (exact) mass is 422 g/mol. The maximum Gasteiger partial charge on any atom is 0.213 e. The first-order chi connectivity index (χ1) is 10.0. The van der Waals surface area contributed by atoms with E-state index in [1.54, 1.807) is 20.4 Å². The van der Waals surface area contributed by atoms with Gasteiger partial charge in [0.25, 0.3) is 0 Å². The summed E-state index contributed by atoms with van der Waals surface area (Å²) in [6.07, 6.45) is 1.74. The number of halogens is 1. The van der Waals surface area contributed by atoms with Crippen LogP contribution >= 0.6 is 24.0 Å². The smallest absolute Gasteiger partial charge is 0.213 e. The Bertz CT molecular complexity index is 467. The van der Waals surface area contributed by atoms with Crippen molar-refractivity contribution in [1.29, 1.82) is 0 Å². The fourth-order valence-electron chi connectivity index (χ4n) is 1.56. The zero-order valence-corrected chi connectivity index (χ0v) is 16.3. The quantitative estimate of drug-likeness (QED) is 0.401. The molecule has 1 aromatic rings. The number of methoxy groups -OCH3 is 1. The number of ether oxygens (including phenoxy) is 2. The lowest BCUT2D eigenvalue weighted by atomic mass is 10.1. The molecule has 0 aromatic carbocycles. The molecule has 22 heavy (non-hydrogen) atoms. The summed E-state index contributed by atoms with van der Waals surface area (Å²) in [5, 5.41) is 6.49. The Morgan fingerprint density at radius 1 is 1.36 bits per heavy atom. The average molecular weight is 422 g/mol. The first-order valence-electron chi connectivity index (χ1n) is 7.08. The second-order valence-electron chi connectivity index (χ2n) is 5.18. The second-order valence-corrected chi connectivity index (χ2v) is 5.18. The zero-order valence-electron chi connectivity index (χ0n) is 14.0. The standard InChI is InChI=1S/C15H26N4O2.HI/c1-6-21-13-9-12(7-8-17-13)10-18-14(16-4)19-11-15(2,3)20-5;/h7-9H,6,10-11H2,1-5H3,(H2,16,18,19);1H. The molecule has 6 nitrogen and oxygen atoms in total. The van der Waals surface area contributed by atoms with Crippen LogP contribution in [-0.4, -0.2) is 43.9 Å². The highest BCUT2D eigenvalue weighted by Crippen LogP contribution is 2.09. The Hall–Kier alpha value is -1.09. The number of aliphatic imine (C=N–C) groups is 1. The van der Waals surface area contributed by atoms with Crippen molar-refractivity contribution in [2.75, 3.05) is 27.3 Å². The average Bonchev–Trinajstić information content (AvgIpc) is 2.48. The van der Waals surface area contributed by atoms with Crippen LogP contribution in [0.15, 0.2) is 23.3 Å². The van der Waals surface area contributed by atoms with Gasteiger partial charge in [-0.1, -0.05) is 0 Å². The van der Waals surface area contributed by atoms with Crippen molar-refractivity contribution < 1.29 is 9.47 Å². The number of aromatic nitrogens is 1. The second kappa shape index (κ2) is 10.6. The molecular formula is C15H27IN4O2. The molecule has 0 aliphatic heterocycles. The van der Waals surface area contributed by atoms with E-state index in [0.717, 1.165) is 11.5 Å². The molecule has 1 rings (SSSR count). The number of rotatable bonds is 7. The number of nitrogens with one attached hydrogen (secondary N) is 2. The summed E-state index contributed by atoms with van der Waals surface area (Å²) < 4.78 is 10.8. The molecule has 2 N–H and O–H groups in total. The van der Waals surface area contributed by atoms with Crippen LogP contribution in [0.3, 0.4) is 0 Å². The van der Waals surface area contributed by atoms with E-state index < -0.39 is 0 Å². The van der Waals surface area contributed by atoms with Crippen molar-refractivity contribution in [2.24, 2.45) is 4.99 Å². The first kappa shape index (κ1) is 20.9. The summed E-state index contributed by atoms with van der Waals surface area (Å²) in [7, 11) is 3.44. The predicted octanol–water partition coefficient (Wildman–Crippen LogP) is 2.19. The van der Waals surface area contributed by atoms with Gasteiger partial charge < -0.3 is 20.1 Å². The first-order valence-corrected chi connectivity index (χ1v) is 7.08. The van der Waals surface area contributed by atoms with E-state index in [1.165, 1.54) is 0 Å². The molecule has 0 saturated carbocycles. The van der Waals surface area contributed by atoms with E-state index in [-0.39, 0.29) is 29.6 Å². The Kier molecular flexibility index (Phi) is 10.1. The third kappa shape index (κ3) is 7.79. The summed E-state index contributed by atoms with van der Waals surface area (Å²) in [6.45, 7) is 7.91. The summed E-state index contributed by atoms with van der Waals surface area (Å²) in [6, 6.07) is 3.87. The van der Waals surface area contributed by atoms with Gasteiger partial charge >= 0.3 is 0 Å². The normalized spacial score (nSPS) is 11.6. The van der Waals surface area contributed by atoms with Crippen LogP contribution in [0.4, 0.5) is 0 Å². The molecule has 1 heterocycles. The van der Waals surface area contributed by atoms with E-state index in [2.05, 4.69) is 20.6 Å². The fourth-order valence-corrected chi connectivity index (χ4v) is 1.56. The van der Waals surface area contributed by atoms with Gasteiger partial charge in [0.2, 0.25) is 5.88 Å². The van der Waals surface area contributed by atoms with Crippen LogP contribution in [0.2, 0.25) is 0 Å². The molecular weight excluding hydrogens is 395 g/mol. The van der Waals surface area contributed by atoms with Crippen molar-refractivity contribution in [3.8, 4) is 5.88 Å². The number of hydrogen-bond donors (Lipinski definition) is 2. The minimum absolute atomic E-state index is 0. The Labute approximate surface area is 150 Å². The zero-order chi connectivity index (χ0) is 15.7. The van der Waals surface area contributed by atoms with Gasteiger partial charge in [0.1, 0.15) is 0 Å². The van der Waals surface area contributed by atoms with Crippen LogP contribution in [0.5, 0.6) is 5.88 Å². The van der Waals surface area contributed by atoms with E-state index in [9.17, 15) is 0 Å². The van der Waals surface area contributed by atoms with Crippen molar-refractivity contribution in [3.63, 3.8) is 0 Å². The number of hydrogen-bond acceptors (Lipinski definition) is 4. The highest BCUT2D eigenvalue weighted by Gasteiger charge is 2.16. The van der Waals surface area contributed by atoms with Gasteiger partial charge in [-0.05, 0) is 32.4 Å². The maximum absolute atomic E-state index is 5.39. The minimum atomic E-state index is -0.240. The van der Waals surface area contributed by atoms with Crippen molar-refractivity contribution in [2.45, 2.75) is 32.9 Å². The van der Waals surface area contributed by atoms with E-state index in [1.807, 2.05) is 32.9 Å². The molecule has 7 heteroatoms. The molecule has 0 radical (unpaired) electrons. The molecule has 0 saturated heterocycles. The number of pyridine rings is 1. The minimum Gasteiger partial charge on any atom is -0.478 e. The molecule has 0 spiro atoms. The fraction of sp³-hybridized carbons (Fsp3) is 0.600. The lowest BCUT2D eigenvalue weighted by Crippen LogP contribution is -2.45. The molecule has 126 valence electrons. The van der Waals surface area contributed by atoms with Gasteiger partial charge in [-0.2, -0.15) is 0 Å². The molecule has 0 fully saturated rings. The molecule has 0 aliphatic carbocycles. The molecule has 0 amide bonds. The van der Waals surface area contributed by atoms with Gasteiger partial charge in [0.05, 0.1) is 12.2 Å². The van der Waals surface area contributed by atoms with Gasteiger partial charge in [-0.15, -0.1) is 24.0 Å². The topological polar surface area (TPSA) is 67.8 Å².